The number of carbonyl (C=O) groups is 2. The molecule has 2 heterocycles. The monoisotopic (exact) mass is 402 g/mol. The molecule has 9 heteroatoms. The van der Waals surface area contributed by atoms with E-state index in [0.717, 1.165) is 12.8 Å². The summed E-state index contributed by atoms with van der Waals surface area (Å²) in [6.07, 6.45) is 1.58. The van der Waals surface area contributed by atoms with Gasteiger partial charge in [0, 0.05) is 52.6 Å². The van der Waals surface area contributed by atoms with Crippen LogP contribution in [0.25, 0.3) is 0 Å². The summed E-state index contributed by atoms with van der Waals surface area (Å²) < 4.78 is 15.8. The quantitative estimate of drug-likeness (QED) is 0.695. The van der Waals surface area contributed by atoms with E-state index < -0.39 is 0 Å². The van der Waals surface area contributed by atoms with Crippen molar-refractivity contribution in [1.82, 2.24) is 19.9 Å². The zero-order chi connectivity index (χ0) is 20.8. The Morgan fingerprint density at radius 2 is 1.93 bits per heavy atom. The Labute approximate surface area is 169 Å². The molecule has 0 unspecified atom stereocenters. The number of rotatable bonds is 7. The van der Waals surface area contributed by atoms with Gasteiger partial charge in [-0.05, 0) is 24.3 Å². The van der Waals surface area contributed by atoms with Gasteiger partial charge in [-0.3, -0.25) is 9.59 Å². The number of hydrogen-bond acceptors (Lipinski definition) is 7. The van der Waals surface area contributed by atoms with Gasteiger partial charge in [-0.15, -0.1) is 0 Å². The maximum atomic E-state index is 12.6. The number of hydrogen-bond donors (Lipinski definition) is 0. The van der Waals surface area contributed by atoms with E-state index >= 15 is 0 Å². The molecular weight excluding hydrogens is 376 g/mol. The minimum Gasteiger partial charge on any atom is -0.490 e. The molecule has 1 aliphatic rings. The first-order valence-electron chi connectivity index (χ1n) is 9.54. The van der Waals surface area contributed by atoms with E-state index in [4.69, 9.17) is 14.0 Å². The normalized spacial score (nSPS) is 14.7. The van der Waals surface area contributed by atoms with E-state index in [1.165, 1.54) is 12.0 Å². The van der Waals surface area contributed by atoms with Crippen LogP contribution in [-0.4, -0.2) is 71.7 Å². The van der Waals surface area contributed by atoms with Crippen LogP contribution in [0, 0.1) is 6.92 Å². The second-order valence-electron chi connectivity index (χ2n) is 7.05. The lowest BCUT2D eigenvalue weighted by molar-refractivity contribution is -0.136. The minimum atomic E-state index is -0.135. The molecule has 1 fully saturated rings. The number of carbonyl (C=O) groups excluding carboxylic acids is 2. The summed E-state index contributed by atoms with van der Waals surface area (Å²) in [5, 5.41) is 3.81. The highest BCUT2D eigenvalue weighted by Crippen LogP contribution is 2.20. The first-order chi connectivity index (χ1) is 14.0. The van der Waals surface area contributed by atoms with Gasteiger partial charge < -0.3 is 23.8 Å². The summed E-state index contributed by atoms with van der Waals surface area (Å²) in [5.74, 6) is 1.52. The summed E-state index contributed by atoms with van der Waals surface area (Å²) in [4.78, 5) is 31.9. The first-order valence-corrected chi connectivity index (χ1v) is 9.54. The van der Waals surface area contributed by atoms with Crippen molar-refractivity contribution in [1.29, 1.82) is 0 Å². The third-order valence-corrected chi connectivity index (χ3v) is 4.76. The molecule has 1 aromatic carbocycles. The van der Waals surface area contributed by atoms with Gasteiger partial charge in [0.1, 0.15) is 18.5 Å². The number of benzene rings is 1. The molecule has 0 N–H and O–H groups in total. The third kappa shape index (κ3) is 5.54. The maximum absolute atomic E-state index is 12.6. The molecular formula is C20H26N4O5. The number of nitrogens with zero attached hydrogens (tertiary/aromatic N) is 4. The van der Waals surface area contributed by atoms with Crippen LogP contribution >= 0.6 is 0 Å². The highest BCUT2D eigenvalue weighted by Gasteiger charge is 2.24. The second kappa shape index (κ2) is 9.51. The molecule has 0 spiro atoms. The molecule has 2 amide bonds. The molecule has 2 aromatic rings. The molecule has 156 valence electrons. The van der Waals surface area contributed by atoms with Crippen molar-refractivity contribution < 1.29 is 23.6 Å². The Balaban J connectivity index is 1.50. The largest absolute Gasteiger partial charge is 0.490 e. The van der Waals surface area contributed by atoms with E-state index in [0.29, 0.717) is 36.1 Å². The lowest BCUT2D eigenvalue weighted by atomic mass is 10.1. The second-order valence-corrected chi connectivity index (χ2v) is 7.05. The van der Waals surface area contributed by atoms with Crippen molar-refractivity contribution in [2.75, 3.05) is 33.9 Å². The molecule has 0 saturated carbocycles. The summed E-state index contributed by atoms with van der Waals surface area (Å²) in [6.45, 7) is 3.41. The van der Waals surface area contributed by atoms with Crippen molar-refractivity contribution in [3.05, 3.63) is 41.5 Å². The number of methoxy groups -OCH3 is 1. The number of likely N-dealkylation sites (tertiary alicyclic amines) is 1. The third-order valence-electron chi connectivity index (χ3n) is 4.76. The topological polar surface area (TPSA) is 98.0 Å². The average molecular weight is 402 g/mol. The Bertz CT molecular complexity index is 828. The van der Waals surface area contributed by atoms with Gasteiger partial charge >= 0.3 is 0 Å². The Morgan fingerprint density at radius 1 is 1.24 bits per heavy atom. The Hall–Kier alpha value is -2.94. The number of aromatic nitrogens is 2. The van der Waals surface area contributed by atoms with Crippen LogP contribution in [0.5, 0.6) is 5.75 Å². The van der Waals surface area contributed by atoms with E-state index in [-0.39, 0.29) is 31.1 Å². The van der Waals surface area contributed by atoms with E-state index in [2.05, 4.69) is 10.1 Å². The van der Waals surface area contributed by atoms with Crippen LogP contribution in [0.1, 0.15) is 34.9 Å². The summed E-state index contributed by atoms with van der Waals surface area (Å²) in [5.41, 5.74) is 0.556. The average Bonchev–Trinajstić information content (AvgIpc) is 3.13. The van der Waals surface area contributed by atoms with Crippen LogP contribution in [0.2, 0.25) is 0 Å². The van der Waals surface area contributed by atoms with E-state index in [1.54, 1.807) is 43.1 Å². The molecule has 3 rings (SSSR count). The highest BCUT2D eigenvalue weighted by atomic mass is 16.5. The molecule has 29 heavy (non-hydrogen) atoms. The fourth-order valence-electron chi connectivity index (χ4n) is 3.22. The van der Waals surface area contributed by atoms with Crippen LogP contribution in [0.15, 0.2) is 28.8 Å². The van der Waals surface area contributed by atoms with E-state index in [9.17, 15) is 9.59 Å². The van der Waals surface area contributed by atoms with Gasteiger partial charge in [0.25, 0.3) is 5.91 Å². The van der Waals surface area contributed by atoms with Crippen molar-refractivity contribution in [2.45, 2.75) is 32.4 Å². The minimum absolute atomic E-state index is 0.00826. The molecule has 0 atom stereocenters. The maximum Gasteiger partial charge on any atom is 0.254 e. The molecule has 0 radical (unpaired) electrons. The predicted octanol–water partition coefficient (Wildman–Crippen LogP) is 1.67. The number of aryl methyl sites for hydroxylation is 1. The SMILES string of the molecule is COCC(=O)N1CCC(Oc2ccc(C(=O)N(C)Cc3noc(C)n3)cc2)CC1. The summed E-state index contributed by atoms with van der Waals surface area (Å²) in [6, 6.07) is 7.07. The van der Waals surface area contributed by atoms with Crippen molar-refractivity contribution in [2.24, 2.45) is 0 Å². The van der Waals surface area contributed by atoms with Gasteiger partial charge in [0.15, 0.2) is 5.82 Å². The Morgan fingerprint density at radius 3 is 2.52 bits per heavy atom. The molecule has 0 aliphatic carbocycles. The van der Waals surface area contributed by atoms with Crippen LogP contribution in [-0.2, 0) is 16.1 Å². The van der Waals surface area contributed by atoms with Gasteiger partial charge in [0.2, 0.25) is 11.8 Å². The molecule has 1 aromatic heterocycles. The van der Waals surface area contributed by atoms with Crippen molar-refractivity contribution >= 4 is 11.8 Å². The number of ether oxygens (including phenoxy) is 2. The van der Waals surface area contributed by atoms with E-state index in [1.807, 2.05) is 0 Å². The van der Waals surface area contributed by atoms with Crippen molar-refractivity contribution in [3.8, 4) is 5.75 Å². The summed E-state index contributed by atoms with van der Waals surface area (Å²) in [7, 11) is 3.21. The lowest BCUT2D eigenvalue weighted by Gasteiger charge is -2.32. The Kier molecular flexibility index (Phi) is 6.82. The zero-order valence-electron chi connectivity index (χ0n) is 17.0. The fourth-order valence-corrected chi connectivity index (χ4v) is 3.22. The first kappa shape index (κ1) is 20.8. The van der Waals surface area contributed by atoms with Gasteiger partial charge in [0.05, 0.1) is 6.54 Å². The van der Waals surface area contributed by atoms with Crippen molar-refractivity contribution in [3.63, 3.8) is 0 Å². The lowest BCUT2D eigenvalue weighted by Crippen LogP contribution is -2.43. The summed E-state index contributed by atoms with van der Waals surface area (Å²) >= 11 is 0. The van der Waals surface area contributed by atoms with Gasteiger partial charge in [-0.25, -0.2) is 0 Å². The van der Waals surface area contributed by atoms with Crippen LogP contribution in [0.4, 0.5) is 0 Å². The van der Waals surface area contributed by atoms with Gasteiger partial charge in [-0.2, -0.15) is 4.98 Å². The van der Waals surface area contributed by atoms with Crippen LogP contribution in [0.3, 0.4) is 0 Å². The number of piperidine rings is 1. The smallest absolute Gasteiger partial charge is 0.254 e. The number of amides is 2. The molecule has 1 saturated heterocycles. The fraction of sp³-hybridized carbons (Fsp3) is 0.500. The zero-order valence-corrected chi connectivity index (χ0v) is 17.0. The predicted molar refractivity (Wildman–Crippen MR) is 103 cm³/mol. The highest BCUT2D eigenvalue weighted by molar-refractivity contribution is 5.94. The molecule has 9 nitrogen and oxygen atoms in total. The standard InChI is InChI=1S/C20H26N4O5/c1-14-21-18(22-29-14)12-23(2)20(26)15-4-6-16(7-5-15)28-17-8-10-24(11-9-17)19(25)13-27-3/h4-7,17H,8-13H2,1-3H3. The molecule has 1 aliphatic heterocycles. The molecule has 0 bridgehead atoms. The van der Waals surface area contributed by atoms with Crippen LogP contribution < -0.4 is 4.74 Å². The van der Waals surface area contributed by atoms with Gasteiger partial charge in [-0.1, -0.05) is 5.16 Å².